The lowest BCUT2D eigenvalue weighted by atomic mass is 9.97. The summed E-state index contributed by atoms with van der Waals surface area (Å²) >= 11 is 0. The summed E-state index contributed by atoms with van der Waals surface area (Å²) in [6.07, 6.45) is 2.56. The Kier molecular flexibility index (Phi) is 9.62. The molecule has 1 aliphatic rings. The molecule has 0 amide bonds. The van der Waals surface area contributed by atoms with Crippen LogP contribution in [0.5, 0.6) is 0 Å². The molecule has 0 spiro atoms. The van der Waals surface area contributed by atoms with Crippen LogP contribution in [0.4, 0.5) is 0 Å². The fraction of sp³-hybridized carbons (Fsp3) is 0.750. The molecular formula is C20H34O7. The molecule has 7 nitrogen and oxygen atoms in total. The minimum atomic E-state index is -1.39. The molecule has 0 aromatic heterocycles. The van der Waals surface area contributed by atoms with E-state index >= 15 is 0 Å². The lowest BCUT2D eigenvalue weighted by molar-refractivity contribution is -0.357. The minimum Gasteiger partial charge on any atom is -0.462 e. The van der Waals surface area contributed by atoms with E-state index in [1.54, 1.807) is 27.2 Å². The van der Waals surface area contributed by atoms with E-state index in [-0.39, 0.29) is 37.1 Å². The fourth-order valence-electron chi connectivity index (χ4n) is 3.20. The molecule has 156 valence electrons. The smallest absolute Gasteiger partial charge is 0.302 e. The van der Waals surface area contributed by atoms with E-state index in [4.69, 9.17) is 23.7 Å². The normalized spacial score (nSPS) is 31.2. The molecule has 1 rings (SSSR count). The van der Waals surface area contributed by atoms with Crippen LogP contribution in [-0.2, 0) is 28.5 Å². The van der Waals surface area contributed by atoms with Gasteiger partial charge in [-0.15, -0.1) is 0 Å². The summed E-state index contributed by atoms with van der Waals surface area (Å²) in [5, 5.41) is 10.4. The third-order valence-electron chi connectivity index (χ3n) is 4.61. The number of esters is 1. The predicted octanol–water partition coefficient (Wildman–Crippen LogP) is 2.58. The molecule has 0 aliphatic carbocycles. The number of hydrogen-bond acceptors (Lipinski definition) is 7. The van der Waals surface area contributed by atoms with E-state index in [9.17, 15) is 9.90 Å². The zero-order valence-electron chi connectivity index (χ0n) is 17.3. The third kappa shape index (κ3) is 7.35. The molecule has 27 heavy (non-hydrogen) atoms. The van der Waals surface area contributed by atoms with Gasteiger partial charge in [0.2, 0.25) is 0 Å². The first-order valence-corrected chi connectivity index (χ1v) is 9.22. The zero-order chi connectivity index (χ0) is 20.6. The van der Waals surface area contributed by atoms with Crippen LogP contribution in [0.25, 0.3) is 0 Å². The van der Waals surface area contributed by atoms with E-state index in [1.165, 1.54) is 6.92 Å². The van der Waals surface area contributed by atoms with Crippen molar-refractivity contribution in [3.05, 3.63) is 24.3 Å². The Hall–Kier alpha value is -1.25. The van der Waals surface area contributed by atoms with E-state index in [0.717, 1.165) is 5.57 Å². The molecule has 6 atom stereocenters. The molecule has 1 saturated heterocycles. The van der Waals surface area contributed by atoms with Crippen molar-refractivity contribution in [1.82, 2.24) is 0 Å². The maximum Gasteiger partial charge on any atom is 0.302 e. The molecule has 7 heteroatoms. The van der Waals surface area contributed by atoms with Gasteiger partial charge in [-0.3, -0.25) is 4.79 Å². The SMILES string of the molecule is C=C/C(C)=C/C(COC1OC(C)(O)CC(OC)C1OC)C(CC)OC(C)=O. The van der Waals surface area contributed by atoms with Gasteiger partial charge in [-0.25, -0.2) is 0 Å². The maximum atomic E-state index is 11.4. The summed E-state index contributed by atoms with van der Waals surface area (Å²) in [7, 11) is 3.10. The summed E-state index contributed by atoms with van der Waals surface area (Å²) in [6.45, 7) is 10.8. The summed E-state index contributed by atoms with van der Waals surface area (Å²) in [5.74, 6) is -1.93. The van der Waals surface area contributed by atoms with Crippen molar-refractivity contribution in [3.63, 3.8) is 0 Å². The summed E-state index contributed by atoms with van der Waals surface area (Å²) in [4.78, 5) is 11.4. The van der Waals surface area contributed by atoms with Gasteiger partial charge in [-0.1, -0.05) is 31.2 Å². The first-order valence-electron chi connectivity index (χ1n) is 9.22. The Morgan fingerprint density at radius 3 is 2.52 bits per heavy atom. The number of rotatable bonds is 10. The maximum absolute atomic E-state index is 11.4. The molecule has 1 N–H and O–H groups in total. The Bertz CT molecular complexity index is 514. The molecule has 0 aromatic rings. The van der Waals surface area contributed by atoms with E-state index in [1.807, 2.05) is 19.9 Å². The van der Waals surface area contributed by atoms with Crippen molar-refractivity contribution in [2.24, 2.45) is 5.92 Å². The Morgan fingerprint density at radius 2 is 2.04 bits per heavy atom. The monoisotopic (exact) mass is 386 g/mol. The first-order chi connectivity index (χ1) is 12.7. The van der Waals surface area contributed by atoms with Crippen molar-refractivity contribution < 1.29 is 33.6 Å². The topological polar surface area (TPSA) is 83.5 Å². The van der Waals surface area contributed by atoms with Crippen molar-refractivity contribution >= 4 is 5.97 Å². The van der Waals surface area contributed by atoms with Crippen LogP contribution in [0.1, 0.15) is 40.5 Å². The largest absolute Gasteiger partial charge is 0.462 e. The van der Waals surface area contributed by atoms with E-state index < -0.39 is 18.2 Å². The van der Waals surface area contributed by atoms with Gasteiger partial charge in [0.05, 0.1) is 12.7 Å². The minimum absolute atomic E-state index is 0.203. The van der Waals surface area contributed by atoms with Gasteiger partial charge < -0.3 is 28.8 Å². The van der Waals surface area contributed by atoms with Gasteiger partial charge in [0.1, 0.15) is 12.2 Å². The second-order valence-electron chi connectivity index (χ2n) is 7.01. The average Bonchev–Trinajstić information content (AvgIpc) is 2.61. The second-order valence-corrected chi connectivity index (χ2v) is 7.01. The highest BCUT2D eigenvalue weighted by atomic mass is 16.8. The number of ether oxygens (including phenoxy) is 5. The third-order valence-corrected chi connectivity index (χ3v) is 4.61. The summed E-state index contributed by atoms with van der Waals surface area (Å²) < 4.78 is 28.0. The van der Waals surface area contributed by atoms with Gasteiger partial charge in [0.15, 0.2) is 12.1 Å². The van der Waals surface area contributed by atoms with Crippen LogP contribution >= 0.6 is 0 Å². The van der Waals surface area contributed by atoms with Crippen molar-refractivity contribution in [2.75, 3.05) is 20.8 Å². The number of aliphatic hydroxyl groups is 1. The van der Waals surface area contributed by atoms with Gasteiger partial charge in [-0.05, 0) is 20.3 Å². The predicted molar refractivity (Wildman–Crippen MR) is 101 cm³/mol. The molecule has 0 bridgehead atoms. The Balaban J connectivity index is 2.96. The van der Waals surface area contributed by atoms with Crippen LogP contribution in [0.3, 0.4) is 0 Å². The highest BCUT2D eigenvalue weighted by molar-refractivity contribution is 5.66. The van der Waals surface area contributed by atoms with Crippen LogP contribution in [0.2, 0.25) is 0 Å². The number of hydrogen-bond donors (Lipinski definition) is 1. The lowest BCUT2D eigenvalue weighted by Gasteiger charge is -2.43. The first kappa shape index (κ1) is 23.8. The second kappa shape index (κ2) is 10.9. The standard InChI is InChI=1S/C20H34O7/c1-8-13(3)10-15(16(9-2)26-14(4)21)12-25-19-18(24-7)17(23-6)11-20(5,22)27-19/h8,10,15-19,22H,1,9,11-12H2,2-7H3/b13-10+. The number of carbonyl (C=O) groups is 1. The van der Waals surface area contributed by atoms with E-state index in [0.29, 0.717) is 6.42 Å². The Morgan fingerprint density at radius 1 is 1.37 bits per heavy atom. The highest BCUT2D eigenvalue weighted by Crippen LogP contribution is 2.31. The molecule has 0 saturated carbocycles. The van der Waals surface area contributed by atoms with Gasteiger partial charge in [-0.2, -0.15) is 0 Å². The molecule has 0 radical (unpaired) electrons. The fourth-order valence-corrected chi connectivity index (χ4v) is 3.20. The molecule has 1 fully saturated rings. The zero-order valence-corrected chi connectivity index (χ0v) is 17.3. The molecule has 0 aromatic carbocycles. The van der Waals surface area contributed by atoms with E-state index in [2.05, 4.69) is 6.58 Å². The number of methoxy groups -OCH3 is 2. The van der Waals surface area contributed by atoms with Crippen molar-refractivity contribution in [1.29, 1.82) is 0 Å². The van der Waals surface area contributed by atoms with Crippen LogP contribution < -0.4 is 0 Å². The molecule has 1 aliphatic heterocycles. The Labute approximate surface area is 162 Å². The van der Waals surface area contributed by atoms with Gasteiger partial charge in [0.25, 0.3) is 0 Å². The molecular weight excluding hydrogens is 352 g/mol. The van der Waals surface area contributed by atoms with Gasteiger partial charge >= 0.3 is 5.97 Å². The van der Waals surface area contributed by atoms with Crippen molar-refractivity contribution in [2.45, 2.75) is 70.9 Å². The van der Waals surface area contributed by atoms with Crippen molar-refractivity contribution in [3.8, 4) is 0 Å². The number of allylic oxidation sites excluding steroid dienone is 2. The summed E-state index contributed by atoms with van der Waals surface area (Å²) in [5.41, 5.74) is 0.948. The molecule has 6 unspecified atom stereocenters. The van der Waals surface area contributed by atoms with Crippen LogP contribution in [0.15, 0.2) is 24.3 Å². The quantitative estimate of drug-likeness (QED) is 0.456. The molecule has 1 heterocycles. The van der Waals surface area contributed by atoms with Crippen LogP contribution in [0, 0.1) is 5.92 Å². The van der Waals surface area contributed by atoms with Gasteiger partial charge in [0, 0.05) is 33.5 Å². The highest BCUT2D eigenvalue weighted by Gasteiger charge is 2.45. The number of carbonyl (C=O) groups excluding carboxylic acids is 1. The summed E-state index contributed by atoms with van der Waals surface area (Å²) in [6, 6.07) is 0. The van der Waals surface area contributed by atoms with Crippen LogP contribution in [-0.4, -0.2) is 62.3 Å². The average molecular weight is 386 g/mol. The lowest BCUT2D eigenvalue weighted by Crippen LogP contribution is -2.56.